The number of hydrogen-bond donors (Lipinski definition) is 1. The Morgan fingerprint density at radius 1 is 1.35 bits per heavy atom. The van der Waals surface area contributed by atoms with Crippen molar-refractivity contribution in [1.82, 2.24) is 5.32 Å². The van der Waals surface area contributed by atoms with Gasteiger partial charge in [-0.2, -0.15) is 0 Å². The first kappa shape index (κ1) is 14.6. The summed E-state index contributed by atoms with van der Waals surface area (Å²) in [6, 6.07) is 9.60. The van der Waals surface area contributed by atoms with Crippen LogP contribution in [0.4, 0.5) is 0 Å². The molecule has 2 atom stereocenters. The van der Waals surface area contributed by atoms with E-state index >= 15 is 0 Å². The topological polar surface area (TPSA) is 21.3 Å². The molecule has 1 aliphatic heterocycles. The molecule has 2 fully saturated rings. The Balaban J connectivity index is 1.62. The molecule has 0 amide bonds. The van der Waals surface area contributed by atoms with E-state index in [2.05, 4.69) is 52.4 Å². The molecule has 110 valence electrons. The normalized spacial score (nSPS) is 26.8. The van der Waals surface area contributed by atoms with Crippen LogP contribution in [0.2, 0.25) is 0 Å². The van der Waals surface area contributed by atoms with Crippen LogP contribution >= 0.6 is 15.9 Å². The molecule has 2 nitrogen and oxygen atoms in total. The highest BCUT2D eigenvalue weighted by atomic mass is 79.9. The van der Waals surface area contributed by atoms with Gasteiger partial charge in [-0.15, -0.1) is 0 Å². The third kappa shape index (κ3) is 3.26. The molecule has 1 N–H and O–H groups in total. The van der Waals surface area contributed by atoms with Gasteiger partial charge in [0.2, 0.25) is 0 Å². The molecular weight excluding hydrogens is 314 g/mol. The second-order valence-corrected chi connectivity index (χ2v) is 7.29. The Morgan fingerprint density at radius 2 is 2.15 bits per heavy atom. The van der Waals surface area contributed by atoms with Crippen molar-refractivity contribution in [3.8, 4) is 0 Å². The summed E-state index contributed by atoms with van der Waals surface area (Å²) in [6.07, 6.45) is 7.53. The van der Waals surface area contributed by atoms with E-state index in [0.717, 1.165) is 17.5 Å². The van der Waals surface area contributed by atoms with Crippen LogP contribution in [-0.4, -0.2) is 18.2 Å². The standard InChI is InChI=1S/C17H24BrNO/c1-13(14-5-4-6-15(18)11-14)19-16-7-10-20-17(12-16)8-2-3-9-17/h4-6,11,13,16,19H,2-3,7-10,12H2,1H3. The van der Waals surface area contributed by atoms with E-state index < -0.39 is 0 Å². The second-order valence-electron chi connectivity index (χ2n) is 6.37. The Hall–Kier alpha value is -0.380. The Bertz CT molecular complexity index is 456. The maximum atomic E-state index is 6.12. The van der Waals surface area contributed by atoms with Gasteiger partial charge in [0, 0.05) is 23.2 Å². The third-order valence-electron chi connectivity index (χ3n) is 4.84. The molecule has 2 unspecified atom stereocenters. The number of benzene rings is 1. The van der Waals surface area contributed by atoms with Crippen LogP contribution in [0, 0.1) is 0 Å². The van der Waals surface area contributed by atoms with Crippen LogP contribution in [-0.2, 0) is 4.74 Å². The fourth-order valence-electron chi connectivity index (χ4n) is 3.76. The predicted molar refractivity (Wildman–Crippen MR) is 85.9 cm³/mol. The summed E-state index contributed by atoms with van der Waals surface area (Å²) < 4.78 is 7.27. The van der Waals surface area contributed by atoms with Gasteiger partial charge in [-0.3, -0.25) is 0 Å². The van der Waals surface area contributed by atoms with Crippen molar-refractivity contribution in [3.63, 3.8) is 0 Å². The molecule has 1 aromatic carbocycles. The molecule has 0 aromatic heterocycles. The zero-order valence-corrected chi connectivity index (χ0v) is 13.8. The van der Waals surface area contributed by atoms with Crippen molar-refractivity contribution in [3.05, 3.63) is 34.3 Å². The van der Waals surface area contributed by atoms with E-state index in [9.17, 15) is 0 Å². The van der Waals surface area contributed by atoms with E-state index in [1.165, 1.54) is 37.7 Å². The van der Waals surface area contributed by atoms with Crippen molar-refractivity contribution >= 4 is 15.9 Å². The molecule has 1 aromatic rings. The molecule has 0 bridgehead atoms. The average molecular weight is 338 g/mol. The minimum absolute atomic E-state index is 0.201. The lowest BCUT2D eigenvalue weighted by Crippen LogP contribution is -2.46. The summed E-state index contributed by atoms with van der Waals surface area (Å²) in [6.45, 7) is 3.18. The van der Waals surface area contributed by atoms with Crippen molar-refractivity contribution in [2.24, 2.45) is 0 Å². The number of ether oxygens (including phenoxy) is 1. The number of halogens is 1. The van der Waals surface area contributed by atoms with Crippen LogP contribution in [0.1, 0.15) is 57.1 Å². The van der Waals surface area contributed by atoms with E-state index in [1.54, 1.807) is 0 Å². The number of rotatable bonds is 3. The van der Waals surface area contributed by atoms with Crippen LogP contribution in [0.25, 0.3) is 0 Å². The van der Waals surface area contributed by atoms with E-state index in [0.29, 0.717) is 12.1 Å². The van der Waals surface area contributed by atoms with Gasteiger partial charge in [0.1, 0.15) is 0 Å². The summed E-state index contributed by atoms with van der Waals surface area (Å²) >= 11 is 3.56. The van der Waals surface area contributed by atoms with E-state index in [-0.39, 0.29) is 5.60 Å². The third-order valence-corrected chi connectivity index (χ3v) is 5.34. The fraction of sp³-hybridized carbons (Fsp3) is 0.647. The summed E-state index contributed by atoms with van der Waals surface area (Å²) in [5.74, 6) is 0. The van der Waals surface area contributed by atoms with Crippen molar-refractivity contribution in [2.45, 2.75) is 63.1 Å². The smallest absolute Gasteiger partial charge is 0.0697 e. The fourth-order valence-corrected chi connectivity index (χ4v) is 4.18. The number of hydrogen-bond acceptors (Lipinski definition) is 2. The van der Waals surface area contributed by atoms with Crippen LogP contribution in [0.3, 0.4) is 0 Å². The molecule has 1 saturated heterocycles. The van der Waals surface area contributed by atoms with E-state index in [1.807, 2.05) is 0 Å². The van der Waals surface area contributed by atoms with Gasteiger partial charge in [0.05, 0.1) is 5.60 Å². The molecule has 2 aliphatic rings. The van der Waals surface area contributed by atoms with Crippen molar-refractivity contribution in [1.29, 1.82) is 0 Å². The number of nitrogens with one attached hydrogen (secondary N) is 1. The monoisotopic (exact) mass is 337 g/mol. The maximum Gasteiger partial charge on any atom is 0.0697 e. The summed E-state index contributed by atoms with van der Waals surface area (Å²) in [7, 11) is 0. The SMILES string of the molecule is CC(NC1CCOC2(CCCC2)C1)c1cccc(Br)c1. The molecule has 1 saturated carbocycles. The Kier molecular flexibility index (Phi) is 4.49. The highest BCUT2D eigenvalue weighted by Crippen LogP contribution is 2.40. The zero-order chi connectivity index (χ0) is 14.0. The van der Waals surface area contributed by atoms with Crippen LogP contribution < -0.4 is 5.32 Å². The molecule has 0 radical (unpaired) electrons. The van der Waals surface area contributed by atoms with E-state index in [4.69, 9.17) is 4.74 Å². The summed E-state index contributed by atoms with van der Waals surface area (Å²) in [4.78, 5) is 0. The summed E-state index contributed by atoms with van der Waals surface area (Å²) in [5, 5.41) is 3.81. The van der Waals surface area contributed by atoms with Crippen LogP contribution in [0.5, 0.6) is 0 Å². The molecule has 1 spiro atoms. The van der Waals surface area contributed by atoms with Gasteiger partial charge in [0.25, 0.3) is 0 Å². The van der Waals surface area contributed by atoms with Gasteiger partial charge in [0.15, 0.2) is 0 Å². The van der Waals surface area contributed by atoms with Gasteiger partial charge < -0.3 is 10.1 Å². The molecule has 3 heteroatoms. The van der Waals surface area contributed by atoms with Gasteiger partial charge >= 0.3 is 0 Å². The lowest BCUT2D eigenvalue weighted by atomic mass is 9.88. The Morgan fingerprint density at radius 3 is 2.90 bits per heavy atom. The highest BCUT2D eigenvalue weighted by molar-refractivity contribution is 9.10. The van der Waals surface area contributed by atoms with Crippen LogP contribution in [0.15, 0.2) is 28.7 Å². The first-order valence-electron chi connectivity index (χ1n) is 7.82. The highest BCUT2D eigenvalue weighted by Gasteiger charge is 2.40. The largest absolute Gasteiger partial charge is 0.375 e. The first-order chi connectivity index (χ1) is 9.67. The molecule has 20 heavy (non-hydrogen) atoms. The minimum atomic E-state index is 0.201. The Labute approximate surface area is 130 Å². The lowest BCUT2D eigenvalue weighted by molar-refractivity contribution is -0.0846. The molecule has 1 heterocycles. The van der Waals surface area contributed by atoms with Gasteiger partial charge in [-0.05, 0) is 50.3 Å². The molecular formula is C17H24BrNO. The first-order valence-corrected chi connectivity index (χ1v) is 8.62. The molecule has 1 aliphatic carbocycles. The average Bonchev–Trinajstić information content (AvgIpc) is 2.87. The molecule has 3 rings (SSSR count). The van der Waals surface area contributed by atoms with Crippen molar-refractivity contribution in [2.75, 3.05) is 6.61 Å². The maximum absolute atomic E-state index is 6.12. The van der Waals surface area contributed by atoms with Gasteiger partial charge in [-0.25, -0.2) is 0 Å². The minimum Gasteiger partial charge on any atom is -0.375 e. The summed E-state index contributed by atoms with van der Waals surface area (Å²) in [5.41, 5.74) is 1.55. The zero-order valence-electron chi connectivity index (χ0n) is 12.2. The predicted octanol–water partition coefficient (Wildman–Crippen LogP) is 4.59. The van der Waals surface area contributed by atoms with Crippen molar-refractivity contribution < 1.29 is 4.74 Å². The quantitative estimate of drug-likeness (QED) is 0.870. The van der Waals surface area contributed by atoms with Gasteiger partial charge in [-0.1, -0.05) is 40.9 Å². The second kappa shape index (κ2) is 6.17. The lowest BCUT2D eigenvalue weighted by Gasteiger charge is -2.39.